The lowest BCUT2D eigenvalue weighted by molar-refractivity contribution is 0.0953. The number of nitrogens with one attached hydrogen (secondary N) is 3. The minimum absolute atomic E-state index is 0.0962. The van der Waals surface area contributed by atoms with Crippen LogP contribution in [0.15, 0.2) is 30.6 Å². The SMILES string of the molecule is NNc1ccc(C(=O)NCCCc2ncn[nH]2)cc1. The maximum absolute atomic E-state index is 11.8. The fraction of sp³-hybridized carbons (Fsp3) is 0.250. The van der Waals surface area contributed by atoms with Gasteiger partial charge in [0.15, 0.2) is 0 Å². The minimum atomic E-state index is -0.0962. The van der Waals surface area contributed by atoms with Gasteiger partial charge in [0.05, 0.1) is 0 Å². The average Bonchev–Trinajstić information content (AvgIpc) is 2.96. The van der Waals surface area contributed by atoms with Crippen molar-refractivity contribution in [2.24, 2.45) is 5.84 Å². The lowest BCUT2D eigenvalue weighted by Crippen LogP contribution is -2.24. The number of nitrogen functional groups attached to an aromatic ring is 1. The van der Waals surface area contributed by atoms with E-state index in [1.165, 1.54) is 6.33 Å². The molecule has 19 heavy (non-hydrogen) atoms. The largest absolute Gasteiger partial charge is 0.352 e. The molecule has 0 aliphatic carbocycles. The molecule has 7 heteroatoms. The van der Waals surface area contributed by atoms with E-state index in [-0.39, 0.29) is 5.91 Å². The Morgan fingerprint density at radius 1 is 1.32 bits per heavy atom. The summed E-state index contributed by atoms with van der Waals surface area (Å²) in [5.74, 6) is 5.99. The zero-order chi connectivity index (χ0) is 13.5. The van der Waals surface area contributed by atoms with Crippen molar-refractivity contribution >= 4 is 11.6 Å². The predicted molar refractivity (Wildman–Crippen MR) is 71.3 cm³/mol. The molecule has 0 aliphatic heterocycles. The van der Waals surface area contributed by atoms with E-state index in [1.54, 1.807) is 24.3 Å². The standard InChI is InChI=1S/C12H16N6O/c13-17-10-5-3-9(4-6-10)12(19)14-7-1-2-11-15-8-16-18-11/h3-6,8,17H,1-2,7,13H2,(H,14,19)(H,15,16,18). The van der Waals surface area contributed by atoms with Crippen molar-refractivity contribution < 1.29 is 4.79 Å². The van der Waals surface area contributed by atoms with Gasteiger partial charge in [0.1, 0.15) is 12.2 Å². The topological polar surface area (TPSA) is 109 Å². The molecule has 0 saturated carbocycles. The van der Waals surface area contributed by atoms with E-state index in [9.17, 15) is 4.79 Å². The summed E-state index contributed by atoms with van der Waals surface area (Å²) >= 11 is 0. The van der Waals surface area contributed by atoms with Crippen LogP contribution in [0.1, 0.15) is 22.6 Å². The van der Waals surface area contributed by atoms with Crippen LogP contribution in [-0.2, 0) is 6.42 Å². The van der Waals surface area contributed by atoms with Gasteiger partial charge in [-0.25, -0.2) is 4.98 Å². The molecule has 100 valence electrons. The Morgan fingerprint density at radius 3 is 2.74 bits per heavy atom. The van der Waals surface area contributed by atoms with Gasteiger partial charge in [-0.3, -0.25) is 15.7 Å². The lowest BCUT2D eigenvalue weighted by Gasteiger charge is -2.05. The first-order chi connectivity index (χ1) is 9.29. The van der Waals surface area contributed by atoms with Gasteiger partial charge in [-0.15, -0.1) is 0 Å². The van der Waals surface area contributed by atoms with Crippen molar-refractivity contribution in [1.29, 1.82) is 0 Å². The summed E-state index contributed by atoms with van der Waals surface area (Å²) in [5.41, 5.74) is 3.89. The summed E-state index contributed by atoms with van der Waals surface area (Å²) in [6.07, 6.45) is 3.04. The van der Waals surface area contributed by atoms with Gasteiger partial charge in [0, 0.05) is 24.2 Å². The van der Waals surface area contributed by atoms with Crippen molar-refractivity contribution in [3.63, 3.8) is 0 Å². The van der Waals surface area contributed by atoms with Crippen LogP contribution in [0.4, 0.5) is 5.69 Å². The number of amides is 1. The Labute approximate surface area is 110 Å². The minimum Gasteiger partial charge on any atom is -0.352 e. The molecular weight excluding hydrogens is 244 g/mol. The van der Waals surface area contributed by atoms with Crippen LogP contribution in [0, 0.1) is 0 Å². The van der Waals surface area contributed by atoms with Gasteiger partial charge in [0.2, 0.25) is 0 Å². The van der Waals surface area contributed by atoms with E-state index in [0.29, 0.717) is 12.1 Å². The number of rotatable bonds is 6. The quantitative estimate of drug-likeness (QED) is 0.342. The van der Waals surface area contributed by atoms with E-state index in [0.717, 1.165) is 24.4 Å². The lowest BCUT2D eigenvalue weighted by atomic mass is 10.2. The highest BCUT2D eigenvalue weighted by Gasteiger charge is 2.04. The highest BCUT2D eigenvalue weighted by molar-refractivity contribution is 5.94. The summed E-state index contributed by atoms with van der Waals surface area (Å²) in [5, 5.41) is 9.38. The Bertz CT molecular complexity index is 508. The number of hydrogen-bond acceptors (Lipinski definition) is 5. The highest BCUT2D eigenvalue weighted by Crippen LogP contribution is 2.07. The molecule has 0 bridgehead atoms. The summed E-state index contributed by atoms with van der Waals surface area (Å²) < 4.78 is 0. The predicted octanol–water partition coefficient (Wildman–Crippen LogP) is 0.453. The molecule has 1 aromatic carbocycles. The van der Waals surface area contributed by atoms with Gasteiger partial charge in [-0.2, -0.15) is 5.10 Å². The van der Waals surface area contributed by atoms with E-state index >= 15 is 0 Å². The fourth-order valence-electron chi connectivity index (χ4n) is 1.63. The number of anilines is 1. The summed E-state index contributed by atoms with van der Waals surface area (Å²) in [6, 6.07) is 6.95. The number of carbonyl (C=O) groups excluding carboxylic acids is 1. The van der Waals surface area contributed by atoms with E-state index in [2.05, 4.69) is 25.9 Å². The summed E-state index contributed by atoms with van der Waals surface area (Å²) in [4.78, 5) is 15.8. The molecule has 0 unspecified atom stereocenters. The maximum atomic E-state index is 11.8. The maximum Gasteiger partial charge on any atom is 0.251 e. The zero-order valence-corrected chi connectivity index (χ0v) is 10.4. The molecule has 0 aliphatic rings. The van der Waals surface area contributed by atoms with E-state index in [1.807, 2.05) is 0 Å². The van der Waals surface area contributed by atoms with Crippen LogP contribution >= 0.6 is 0 Å². The third-order valence-corrected chi connectivity index (χ3v) is 2.65. The molecule has 0 spiro atoms. The van der Waals surface area contributed by atoms with Crippen LogP contribution in [0.3, 0.4) is 0 Å². The molecule has 0 saturated heterocycles. The molecule has 5 N–H and O–H groups in total. The highest BCUT2D eigenvalue weighted by atomic mass is 16.1. The number of H-pyrrole nitrogens is 1. The Hall–Kier alpha value is -2.41. The number of hydrogen-bond donors (Lipinski definition) is 4. The van der Waals surface area contributed by atoms with Crippen molar-refractivity contribution in [3.05, 3.63) is 42.0 Å². The summed E-state index contributed by atoms with van der Waals surface area (Å²) in [6.45, 7) is 0.594. The van der Waals surface area contributed by atoms with Crippen molar-refractivity contribution in [3.8, 4) is 0 Å². The smallest absolute Gasteiger partial charge is 0.251 e. The molecule has 2 aromatic rings. The van der Waals surface area contributed by atoms with Crippen LogP contribution in [0.5, 0.6) is 0 Å². The summed E-state index contributed by atoms with van der Waals surface area (Å²) in [7, 11) is 0. The van der Waals surface area contributed by atoms with Crippen molar-refractivity contribution in [1.82, 2.24) is 20.5 Å². The normalized spacial score (nSPS) is 10.2. The number of hydrazine groups is 1. The van der Waals surface area contributed by atoms with Crippen LogP contribution in [0.25, 0.3) is 0 Å². The molecule has 1 heterocycles. The second-order valence-electron chi connectivity index (χ2n) is 4.01. The Balaban J connectivity index is 1.74. The number of benzene rings is 1. The molecule has 7 nitrogen and oxygen atoms in total. The average molecular weight is 260 g/mol. The molecular formula is C12H16N6O. The zero-order valence-electron chi connectivity index (χ0n) is 10.4. The van der Waals surface area contributed by atoms with Crippen LogP contribution in [-0.4, -0.2) is 27.6 Å². The number of carbonyl (C=O) groups is 1. The molecule has 1 amide bonds. The van der Waals surface area contributed by atoms with Crippen molar-refractivity contribution in [2.45, 2.75) is 12.8 Å². The first kappa shape index (κ1) is 13.0. The third kappa shape index (κ3) is 3.78. The third-order valence-electron chi connectivity index (χ3n) is 2.65. The van der Waals surface area contributed by atoms with Gasteiger partial charge >= 0.3 is 0 Å². The molecule has 0 atom stereocenters. The number of aromatic amines is 1. The second-order valence-corrected chi connectivity index (χ2v) is 4.01. The Kier molecular flexibility index (Phi) is 4.46. The first-order valence-corrected chi connectivity index (χ1v) is 5.98. The number of aryl methyl sites for hydroxylation is 1. The first-order valence-electron chi connectivity index (χ1n) is 5.98. The van der Waals surface area contributed by atoms with Gasteiger partial charge in [0.25, 0.3) is 5.91 Å². The Morgan fingerprint density at radius 2 is 2.11 bits per heavy atom. The number of nitrogens with two attached hydrogens (primary N) is 1. The van der Waals surface area contributed by atoms with Crippen LogP contribution < -0.4 is 16.6 Å². The van der Waals surface area contributed by atoms with Crippen molar-refractivity contribution in [2.75, 3.05) is 12.0 Å². The molecule has 2 rings (SSSR count). The monoisotopic (exact) mass is 260 g/mol. The molecule has 1 aromatic heterocycles. The fourth-order valence-corrected chi connectivity index (χ4v) is 1.63. The molecule has 0 radical (unpaired) electrons. The van der Waals surface area contributed by atoms with Gasteiger partial charge in [-0.1, -0.05) is 0 Å². The van der Waals surface area contributed by atoms with E-state index < -0.39 is 0 Å². The van der Waals surface area contributed by atoms with Gasteiger partial charge in [-0.05, 0) is 30.7 Å². The molecule has 0 fully saturated rings. The van der Waals surface area contributed by atoms with Crippen LogP contribution in [0.2, 0.25) is 0 Å². The second kappa shape index (κ2) is 6.50. The number of nitrogens with zero attached hydrogens (tertiary/aromatic N) is 2. The number of aromatic nitrogens is 3. The van der Waals surface area contributed by atoms with E-state index in [4.69, 9.17) is 5.84 Å². The van der Waals surface area contributed by atoms with Gasteiger partial charge < -0.3 is 10.7 Å².